The summed E-state index contributed by atoms with van der Waals surface area (Å²) in [6, 6.07) is 13.8. The highest BCUT2D eigenvalue weighted by Gasteiger charge is 2.21. The van der Waals surface area contributed by atoms with Crippen LogP contribution >= 0.6 is 0 Å². The minimum absolute atomic E-state index is 0.0412. The van der Waals surface area contributed by atoms with Crippen molar-refractivity contribution in [1.29, 1.82) is 0 Å². The fourth-order valence-electron chi connectivity index (χ4n) is 2.24. The smallest absolute Gasteiger partial charge is 0.223 e. The predicted molar refractivity (Wildman–Crippen MR) is 79.4 cm³/mol. The van der Waals surface area contributed by atoms with Crippen molar-refractivity contribution in [3.63, 3.8) is 0 Å². The second-order valence-electron chi connectivity index (χ2n) is 5.21. The minimum atomic E-state index is -0.0412. The SMILES string of the molecule is CC(CC(=O)N(C)C(C)c1ccco1)c1ccccc1. The van der Waals surface area contributed by atoms with Crippen LogP contribution in [0.1, 0.15) is 43.6 Å². The summed E-state index contributed by atoms with van der Waals surface area (Å²) < 4.78 is 5.36. The molecule has 0 aliphatic rings. The largest absolute Gasteiger partial charge is 0.467 e. The quantitative estimate of drug-likeness (QED) is 0.823. The zero-order valence-electron chi connectivity index (χ0n) is 12.2. The lowest BCUT2D eigenvalue weighted by molar-refractivity contribution is -0.132. The highest BCUT2D eigenvalue weighted by atomic mass is 16.3. The Balaban J connectivity index is 1.98. The number of benzene rings is 1. The summed E-state index contributed by atoms with van der Waals surface area (Å²) in [5, 5.41) is 0. The molecule has 2 aromatic rings. The molecule has 0 fully saturated rings. The number of hydrogen-bond donors (Lipinski definition) is 0. The fourth-order valence-corrected chi connectivity index (χ4v) is 2.24. The van der Waals surface area contributed by atoms with E-state index in [4.69, 9.17) is 4.42 Å². The van der Waals surface area contributed by atoms with Gasteiger partial charge in [-0.2, -0.15) is 0 Å². The van der Waals surface area contributed by atoms with Crippen molar-refractivity contribution in [3.8, 4) is 0 Å². The van der Waals surface area contributed by atoms with E-state index in [-0.39, 0.29) is 17.9 Å². The number of hydrogen-bond acceptors (Lipinski definition) is 2. The maximum atomic E-state index is 12.3. The van der Waals surface area contributed by atoms with Crippen LogP contribution in [0.3, 0.4) is 0 Å². The molecule has 1 heterocycles. The van der Waals surface area contributed by atoms with E-state index < -0.39 is 0 Å². The molecule has 1 aromatic carbocycles. The van der Waals surface area contributed by atoms with Crippen LogP contribution in [0.15, 0.2) is 53.1 Å². The third kappa shape index (κ3) is 3.29. The molecule has 2 unspecified atom stereocenters. The summed E-state index contributed by atoms with van der Waals surface area (Å²) >= 11 is 0. The molecule has 0 radical (unpaired) electrons. The molecule has 2 rings (SSSR count). The fraction of sp³-hybridized carbons (Fsp3) is 0.353. The monoisotopic (exact) mass is 271 g/mol. The molecule has 0 saturated carbocycles. The number of furan rings is 1. The maximum absolute atomic E-state index is 12.3. The van der Waals surface area contributed by atoms with E-state index in [1.807, 2.05) is 44.3 Å². The first-order chi connectivity index (χ1) is 9.59. The lowest BCUT2D eigenvalue weighted by Gasteiger charge is -2.25. The summed E-state index contributed by atoms with van der Waals surface area (Å²) in [5.41, 5.74) is 1.19. The Labute approximate surface area is 120 Å². The maximum Gasteiger partial charge on any atom is 0.223 e. The van der Waals surface area contributed by atoms with Gasteiger partial charge in [-0.1, -0.05) is 37.3 Å². The van der Waals surface area contributed by atoms with Gasteiger partial charge in [-0.25, -0.2) is 0 Å². The Morgan fingerprint density at radius 1 is 1.15 bits per heavy atom. The average molecular weight is 271 g/mol. The van der Waals surface area contributed by atoms with Gasteiger partial charge in [-0.3, -0.25) is 4.79 Å². The Hall–Kier alpha value is -2.03. The predicted octanol–water partition coefficient (Wildman–Crippen LogP) is 3.99. The van der Waals surface area contributed by atoms with E-state index in [0.717, 1.165) is 5.76 Å². The van der Waals surface area contributed by atoms with Crippen molar-refractivity contribution in [3.05, 3.63) is 60.1 Å². The molecule has 3 nitrogen and oxygen atoms in total. The van der Waals surface area contributed by atoms with Gasteiger partial charge in [0.25, 0.3) is 0 Å². The van der Waals surface area contributed by atoms with Crippen LogP contribution in [-0.4, -0.2) is 17.9 Å². The van der Waals surface area contributed by atoms with Gasteiger partial charge in [-0.05, 0) is 30.5 Å². The van der Waals surface area contributed by atoms with E-state index in [9.17, 15) is 4.79 Å². The highest BCUT2D eigenvalue weighted by molar-refractivity contribution is 5.77. The van der Waals surface area contributed by atoms with Crippen molar-refractivity contribution in [2.45, 2.75) is 32.2 Å². The van der Waals surface area contributed by atoms with Crippen LogP contribution < -0.4 is 0 Å². The van der Waals surface area contributed by atoms with Crippen LogP contribution in [0.5, 0.6) is 0 Å². The third-order valence-electron chi connectivity index (χ3n) is 3.78. The summed E-state index contributed by atoms with van der Waals surface area (Å²) in [7, 11) is 1.83. The van der Waals surface area contributed by atoms with E-state index in [2.05, 4.69) is 19.1 Å². The highest BCUT2D eigenvalue weighted by Crippen LogP contribution is 2.24. The number of rotatable bonds is 5. The van der Waals surface area contributed by atoms with Gasteiger partial charge in [-0.15, -0.1) is 0 Å². The average Bonchev–Trinajstić information content (AvgIpc) is 3.00. The van der Waals surface area contributed by atoms with E-state index in [1.165, 1.54) is 5.56 Å². The summed E-state index contributed by atoms with van der Waals surface area (Å²) in [4.78, 5) is 14.1. The molecular weight excluding hydrogens is 250 g/mol. The van der Waals surface area contributed by atoms with E-state index >= 15 is 0 Å². The summed E-state index contributed by atoms with van der Waals surface area (Å²) in [5.74, 6) is 1.16. The number of carbonyl (C=O) groups excluding carboxylic acids is 1. The molecule has 0 N–H and O–H groups in total. The first-order valence-electron chi connectivity index (χ1n) is 6.93. The van der Waals surface area contributed by atoms with Crippen LogP contribution in [-0.2, 0) is 4.79 Å². The molecular formula is C17H21NO2. The van der Waals surface area contributed by atoms with E-state index in [1.54, 1.807) is 11.2 Å². The standard InChI is InChI=1S/C17H21NO2/c1-13(15-8-5-4-6-9-15)12-17(19)18(3)14(2)16-10-7-11-20-16/h4-11,13-14H,12H2,1-3H3. The molecule has 1 aromatic heterocycles. The molecule has 1 amide bonds. The lowest BCUT2D eigenvalue weighted by Crippen LogP contribution is -2.30. The molecule has 106 valence electrons. The van der Waals surface area contributed by atoms with Crippen LogP contribution in [0, 0.1) is 0 Å². The zero-order valence-corrected chi connectivity index (χ0v) is 12.2. The van der Waals surface area contributed by atoms with Crippen molar-refractivity contribution in [2.75, 3.05) is 7.05 Å². The van der Waals surface area contributed by atoms with Crippen LogP contribution in [0.2, 0.25) is 0 Å². The van der Waals surface area contributed by atoms with E-state index in [0.29, 0.717) is 6.42 Å². The Morgan fingerprint density at radius 2 is 1.85 bits per heavy atom. The number of nitrogens with zero attached hydrogens (tertiary/aromatic N) is 1. The molecule has 0 aliphatic carbocycles. The van der Waals surface area contributed by atoms with Gasteiger partial charge in [0.2, 0.25) is 5.91 Å². The Bertz CT molecular complexity index is 533. The lowest BCUT2D eigenvalue weighted by atomic mass is 9.97. The molecule has 20 heavy (non-hydrogen) atoms. The van der Waals surface area contributed by atoms with Gasteiger partial charge >= 0.3 is 0 Å². The van der Waals surface area contributed by atoms with Gasteiger partial charge in [0.1, 0.15) is 5.76 Å². The number of carbonyl (C=O) groups is 1. The third-order valence-corrected chi connectivity index (χ3v) is 3.78. The second kappa shape index (κ2) is 6.42. The first-order valence-corrected chi connectivity index (χ1v) is 6.93. The van der Waals surface area contributed by atoms with Crippen LogP contribution in [0.25, 0.3) is 0 Å². The van der Waals surface area contributed by atoms with Gasteiger partial charge in [0.15, 0.2) is 0 Å². The van der Waals surface area contributed by atoms with Crippen molar-refractivity contribution in [1.82, 2.24) is 4.90 Å². The molecule has 0 saturated heterocycles. The van der Waals surface area contributed by atoms with Crippen molar-refractivity contribution in [2.24, 2.45) is 0 Å². The van der Waals surface area contributed by atoms with Crippen molar-refractivity contribution < 1.29 is 9.21 Å². The number of amides is 1. The van der Waals surface area contributed by atoms with Gasteiger partial charge < -0.3 is 9.32 Å². The molecule has 0 aliphatic heterocycles. The second-order valence-corrected chi connectivity index (χ2v) is 5.21. The van der Waals surface area contributed by atoms with Gasteiger partial charge in [0, 0.05) is 13.5 Å². The van der Waals surface area contributed by atoms with Gasteiger partial charge in [0.05, 0.1) is 12.3 Å². The first kappa shape index (κ1) is 14.4. The molecule has 3 heteroatoms. The van der Waals surface area contributed by atoms with Crippen LogP contribution in [0.4, 0.5) is 0 Å². The summed E-state index contributed by atoms with van der Waals surface area (Å²) in [6.45, 7) is 4.06. The normalized spacial score (nSPS) is 13.8. The zero-order chi connectivity index (χ0) is 14.5. The summed E-state index contributed by atoms with van der Waals surface area (Å²) in [6.07, 6.45) is 2.14. The van der Waals surface area contributed by atoms with Crippen molar-refractivity contribution >= 4 is 5.91 Å². The molecule has 0 bridgehead atoms. The minimum Gasteiger partial charge on any atom is -0.467 e. The molecule has 0 spiro atoms. The Morgan fingerprint density at radius 3 is 2.45 bits per heavy atom. The topological polar surface area (TPSA) is 33.5 Å². The Kier molecular flexibility index (Phi) is 4.61. The molecule has 2 atom stereocenters.